The molecule has 0 fully saturated rings. The van der Waals surface area contributed by atoms with E-state index in [2.05, 4.69) is 15.7 Å². The maximum Gasteiger partial charge on any atom is 0.237 e. The number of amides is 1. The lowest BCUT2D eigenvalue weighted by atomic mass is 9.87. The van der Waals surface area contributed by atoms with Gasteiger partial charge in [-0.05, 0) is 31.6 Å². The Balaban J connectivity index is 0. The third-order valence-electron chi connectivity index (χ3n) is 3.00. The summed E-state index contributed by atoms with van der Waals surface area (Å²) in [6.07, 6.45) is 2.99. The SMILES string of the molecule is Cc1csc(CCCCNC(=O)[C@@H](N)C(C)(C)C)n1.Cl.Cl. The minimum absolute atomic E-state index is 0. The molecule has 1 atom stereocenters. The molecule has 0 aliphatic heterocycles. The number of nitrogens with one attached hydrogen (secondary N) is 1. The monoisotopic (exact) mass is 355 g/mol. The van der Waals surface area contributed by atoms with E-state index in [9.17, 15) is 4.79 Å². The first-order chi connectivity index (χ1) is 8.80. The molecule has 1 amide bonds. The molecule has 0 bridgehead atoms. The number of carbonyl (C=O) groups excluding carboxylic acids is 1. The van der Waals surface area contributed by atoms with Crippen LogP contribution in [0.4, 0.5) is 0 Å². The summed E-state index contributed by atoms with van der Waals surface area (Å²) >= 11 is 1.70. The van der Waals surface area contributed by atoms with Crippen molar-refractivity contribution in [3.63, 3.8) is 0 Å². The van der Waals surface area contributed by atoms with Crippen LogP contribution in [0.2, 0.25) is 0 Å². The Labute approximate surface area is 144 Å². The zero-order chi connectivity index (χ0) is 14.5. The lowest BCUT2D eigenvalue weighted by molar-refractivity contribution is -0.124. The Morgan fingerprint density at radius 2 is 2.00 bits per heavy atom. The van der Waals surface area contributed by atoms with E-state index in [1.54, 1.807) is 11.3 Å². The van der Waals surface area contributed by atoms with Crippen molar-refractivity contribution in [2.75, 3.05) is 6.54 Å². The van der Waals surface area contributed by atoms with E-state index in [0.717, 1.165) is 25.0 Å². The summed E-state index contributed by atoms with van der Waals surface area (Å²) in [4.78, 5) is 16.2. The number of aryl methyl sites for hydroxylation is 2. The van der Waals surface area contributed by atoms with Crippen molar-refractivity contribution in [3.8, 4) is 0 Å². The van der Waals surface area contributed by atoms with Crippen molar-refractivity contribution in [2.24, 2.45) is 11.1 Å². The van der Waals surface area contributed by atoms with Crippen molar-refractivity contribution >= 4 is 42.1 Å². The molecule has 1 heterocycles. The zero-order valence-electron chi connectivity index (χ0n) is 13.1. The van der Waals surface area contributed by atoms with E-state index in [0.29, 0.717) is 6.54 Å². The van der Waals surface area contributed by atoms with Gasteiger partial charge in [0.1, 0.15) is 0 Å². The van der Waals surface area contributed by atoms with Gasteiger partial charge in [0, 0.05) is 17.6 Å². The highest BCUT2D eigenvalue weighted by atomic mass is 35.5. The van der Waals surface area contributed by atoms with Gasteiger partial charge in [0.25, 0.3) is 0 Å². The van der Waals surface area contributed by atoms with Crippen LogP contribution in [0.3, 0.4) is 0 Å². The van der Waals surface area contributed by atoms with Crippen molar-refractivity contribution in [1.82, 2.24) is 10.3 Å². The molecule has 0 aromatic carbocycles. The Hall–Kier alpha value is -0.360. The van der Waals surface area contributed by atoms with Crippen molar-refractivity contribution < 1.29 is 4.79 Å². The molecule has 0 radical (unpaired) electrons. The molecule has 3 N–H and O–H groups in total. The van der Waals surface area contributed by atoms with Crippen LogP contribution in [0.15, 0.2) is 5.38 Å². The fraction of sp³-hybridized carbons (Fsp3) is 0.714. The molecule has 0 aliphatic carbocycles. The Kier molecular flexibility index (Phi) is 11.3. The topological polar surface area (TPSA) is 68.0 Å². The summed E-state index contributed by atoms with van der Waals surface area (Å²) < 4.78 is 0. The van der Waals surface area contributed by atoms with Crippen LogP contribution < -0.4 is 11.1 Å². The largest absolute Gasteiger partial charge is 0.355 e. The predicted octanol–water partition coefficient (Wildman–Crippen LogP) is 3.11. The number of carbonyl (C=O) groups is 1. The summed E-state index contributed by atoms with van der Waals surface area (Å²) in [6.45, 7) is 8.62. The highest BCUT2D eigenvalue weighted by Crippen LogP contribution is 2.17. The average molecular weight is 356 g/mol. The maximum atomic E-state index is 11.8. The standard InChI is InChI=1S/C14H25N3OS.2ClH/c1-10-9-19-11(17-10)7-5-6-8-16-13(18)12(15)14(2,3)4;;/h9,12H,5-8,15H2,1-4H3,(H,16,18);2*1H/t12-;;/m1../s1. The quantitative estimate of drug-likeness (QED) is 0.770. The Morgan fingerprint density at radius 3 is 2.48 bits per heavy atom. The molecular weight excluding hydrogens is 329 g/mol. The van der Waals surface area contributed by atoms with Crippen LogP contribution in [0, 0.1) is 12.3 Å². The number of halogens is 2. The minimum atomic E-state index is -0.450. The molecule has 1 aromatic rings. The second kappa shape index (κ2) is 10.4. The van der Waals surface area contributed by atoms with Crippen LogP contribution in [0.1, 0.15) is 44.3 Å². The molecule has 4 nitrogen and oxygen atoms in total. The van der Waals surface area contributed by atoms with Crippen molar-refractivity contribution in [1.29, 1.82) is 0 Å². The van der Waals surface area contributed by atoms with Crippen LogP contribution in [0.5, 0.6) is 0 Å². The predicted molar refractivity (Wildman–Crippen MR) is 94.7 cm³/mol. The van der Waals surface area contributed by atoms with Gasteiger partial charge in [-0.25, -0.2) is 4.98 Å². The number of nitrogens with two attached hydrogens (primary N) is 1. The minimum Gasteiger partial charge on any atom is -0.355 e. The summed E-state index contributed by atoms with van der Waals surface area (Å²) in [5.41, 5.74) is 6.78. The van der Waals surface area contributed by atoms with E-state index < -0.39 is 6.04 Å². The number of rotatable bonds is 6. The van der Waals surface area contributed by atoms with Gasteiger partial charge in [0.15, 0.2) is 0 Å². The molecule has 7 heteroatoms. The fourth-order valence-corrected chi connectivity index (χ4v) is 2.45. The number of hydrogen-bond donors (Lipinski definition) is 2. The van der Waals surface area contributed by atoms with Crippen molar-refractivity contribution in [2.45, 2.75) is 53.0 Å². The number of thiazole rings is 1. The van der Waals surface area contributed by atoms with E-state index >= 15 is 0 Å². The zero-order valence-corrected chi connectivity index (χ0v) is 15.6. The van der Waals surface area contributed by atoms with Crippen LogP contribution >= 0.6 is 36.2 Å². The molecule has 0 saturated carbocycles. The third kappa shape index (κ3) is 8.61. The molecule has 0 aliphatic rings. The summed E-state index contributed by atoms with van der Waals surface area (Å²) in [7, 11) is 0. The number of hydrogen-bond acceptors (Lipinski definition) is 4. The highest BCUT2D eigenvalue weighted by Gasteiger charge is 2.26. The van der Waals surface area contributed by atoms with E-state index in [-0.39, 0.29) is 36.1 Å². The van der Waals surface area contributed by atoms with Gasteiger partial charge < -0.3 is 11.1 Å². The van der Waals surface area contributed by atoms with Gasteiger partial charge in [0.05, 0.1) is 11.0 Å². The van der Waals surface area contributed by atoms with Gasteiger partial charge in [-0.2, -0.15) is 0 Å². The van der Waals surface area contributed by atoms with Gasteiger partial charge in [-0.15, -0.1) is 36.2 Å². The highest BCUT2D eigenvalue weighted by molar-refractivity contribution is 7.09. The first-order valence-corrected chi connectivity index (χ1v) is 7.63. The molecule has 0 saturated heterocycles. The van der Waals surface area contributed by atoms with E-state index in [4.69, 9.17) is 5.73 Å². The fourth-order valence-electron chi connectivity index (χ4n) is 1.63. The summed E-state index contributed by atoms with van der Waals surface area (Å²) in [5.74, 6) is -0.0578. The first-order valence-electron chi connectivity index (χ1n) is 6.75. The second-order valence-electron chi connectivity index (χ2n) is 5.97. The third-order valence-corrected chi connectivity index (χ3v) is 4.03. The molecule has 0 spiro atoms. The molecule has 124 valence electrons. The molecule has 21 heavy (non-hydrogen) atoms. The molecule has 0 unspecified atom stereocenters. The molecule has 1 rings (SSSR count). The van der Waals surface area contributed by atoms with Gasteiger partial charge >= 0.3 is 0 Å². The van der Waals surface area contributed by atoms with Crippen molar-refractivity contribution in [3.05, 3.63) is 16.1 Å². The number of aromatic nitrogens is 1. The van der Waals surface area contributed by atoms with E-state index in [1.807, 2.05) is 27.7 Å². The normalized spacial score (nSPS) is 12.0. The van der Waals surface area contributed by atoms with E-state index in [1.165, 1.54) is 5.01 Å². The number of nitrogens with zero attached hydrogens (tertiary/aromatic N) is 1. The second-order valence-corrected chi connectivity index (χ2v) is 6.92. The van der Waals surface area contributed by atoms with Gasteiger partial charge in [-0.3, -0.25) is 4.79 Å². The lowest BCUT2D eigenvalue weighted by Gasteiger charge is -2.25. The lowest BCUT2D eigenvalue weighted by Crippen LogP contribution is -2.48. The average Bonchev–Trinajstić information content (AvgIpc) is 2.72. The van der Waals surface area contributed by atoms with Crippen LogP contribution in [0.25, 0.3) is 0 Å². The van der Waals surface area contributed by atoms with Crippen LogP contribution in [-0.2, 0) is 11.2 Å². The summed E-state index contributed by atoms with van der Waals surface area (Å²) in [6, 6.07) is -0.450. The Morgan fingerprint density at radius 1 is 1.38 bits per heavy atom. The Bertz CT molecular complexity index is 419. The van der Waals surface area contributed by atoms with Crippen LogP contribution in [-0.4, -0.2) is 23.5 Å². The smallest absolute Gasteiger partial charge is 0.237 e. The molecular formula is C14H27Cl2N3OS. The number of unbranched alkanes of at least 4 members (excludes halogenated alkanes) is 1. The van der Waals surface area contributed by atoms with Gasteiger partial charge in [-0.1, -0.05) is 20.8 Å². The van der Waals surface area contributed by atoms with Gasteiger partial charge in [0.2, 0.25) is 5.91 Å². The first kappa shape index (κ1) is 22.9. The maximum absolute atomic E-state index is 11.8. The molecule has 1 aromatic heterocycles. The summed E-state index contributed by atoms with van der Waals surface area (Å²) in [5, 5.41) is 6.14.